The predicted molar refractivity (Wildman–Crippen MR) is 136 cm³/mol. The second-order valence-electron chi connectivity index (χ2n) is 8.41. The highest BCUT2D eigenvalue weighted by molar-refractivity contribution is 7.90. The number of nitrogens with zero attached hydrogens (tertiary/aromatic N) is 2. The van der Waals surface area contributed by atoms with Crippen molar-refractivity contribution >= 4 is 27.2 Å². The number of ether oxygens (including phenoxy) is 2. The third-order valence-electron chi connectivity index (χ3n) is 5.75. The maximum atomic E-state index is 11.9. The third-order valence-corrected chi connectivity index (χ3v) is 6.88. The van der Waals surface area contributed by atoms with Crippen molar-refractivity contribution in [2.75, 3.05) is 24.5 Å². The van der Waals surface area contributed by atoms with Gasteiger partial charge in [0, 0.05) is 12.7 Å². The molecule has 4 rings (SSSR count). The lowest BCUT2D eigenvalue weighted by Crippen LogP contribution is -2.18. The van der Waals surface area contributed by atoms with Crippen LogP contribution in [0.4, 0.5) is 5.69 Å². The van der Waals surface area contributed by atoms with Crippen LogP contribution in [0.3, 0.4) is 0 Å². The van der Waals surface area contributed by atoms with Crippen molar-refractivity contribution in [2.45, 2.75) is 31.2 Å². The molecule has 1 aliphatic rings. The Hall–Kier alpha value is -3.65. The number of carbonyl (C=O) groups is 1. The van der Waals surface area contributed by atoms with E-state index in [0.717, 1.165) is 22.5 Å². The molecule has 0 bridgehead atoms. The SMILES string of the molecule is CCOC(=O)COc1ccc(C2=NN(c3ccc(S(C)(=O)=O)cc3)C(c3ccc(C)cc3)C2)cc1. The van der Waals surface area contributed by atoms with Crippen LogP contribution in [0.2, 0.25) is 0 Å². The standard InChI is InChI=1S/C27H28N2O5S/c1-4-33-27(30)18-34-23-13-9-20(10-14-23)25-17-26(21-7-5-19(2)6-8-21)29(28-25)22-11-15-24(16-12-22)35(3,31)32/h5-16,26H,4,17-18H2,1-3H3. The number of benzene rings is 3. The van der Waals surface area contributed by atoms with Crippen LogP contribution in [0.5, 0.6) is 5.75 Å². The molecule has 1 atom stereocenters. The quantitative estimate of drug-likeness (QED) is 0.424. The zero-order valence-corrected chi connectivity index (χ0v) is 20.8. The predicted octanol–water partition coefficient (Wildman–Crippen LogP) is 4.70. The molecule has 0 aliphatic carbocycles. The van der Waals surface area contributed by atoms with E-state index in [2.05, 4.69) is 24.3 Å². The summed E-state index contributed by atoms with van der Waals surface area (Å²) in [4.78, 5) is 11.8. The Morgan fingerprint density at radius 1 is 1.00 bits per heavy atom. The van der Waals surface area contributed by atoms with Gasteiger partial charge in [0.05, 0.1) is 28.9 Å². The fourth-order valence-corrected chi connectivity index (χ4v) is 4.54. The van der Waals surface area contributed by atoms with E-state index < -0.39 is 15.8 Å². The monoisotopic (exact) mass is 492 g/mol. The van der Waals surface area contributed by atoms with Crippen molar-refractivity contribution in [3.05, 3.63) is 89.5 Å². The lowest BCUT2D eigenvalue weighted by Gasteiger charge is -2.24. The van der Waals surface area contributed by atoms with Crippen LogP contribution < -0.4 is 9.75 Å². The Morgan fingerprint density at radius 3 is 2.26 bits per heavy atom. The Balaban J connectivity index is 1.60. The fourth-order valence-electron chi connectivity index (χ4n) is 3.91. The Labute approximate surface area is 205 Å². The Kier molecular flexibility index (Phi) is 7.21. The summed E-state index contributed by atoms with van der Waals surface area (Å²) >= 11 is 0. The van der Waals surface area contributed by atoms with E-state index in [1.165, 1.54) is 11.8 Å². The Morgan fingerprint density at radius 2 is 1.66 bits per heavy atom. The third kappa shape index (κ3) is 5.89. The normalized spacial score (nSPS) is 15.6. The van der Waals surface area contributed by atoms with Crippen LogP contribution >= 0.6 is 0 Å². The first-order valence-corrected chi connectivity index (χ1v) is 13.3. The number of aryl methyl sites for hydroxylation is 1. The van der Waals surface area contributed by atoms with Gasteiger partial charge in [0.25, 0.3) is 0 Å². The molecule has 0 saturated carbocycles. The molecular weight excluding hydrogens is 464 g/mol. The summed E-state index contributed by atoms with van der Waals surface area (Å²) in [6.45, 7) is 3.98. The van der Waals surface area contributed by atoms with Gasteiger partial charge in [0.2, 0.25) is 0 Å². The van der Waals surface area contributed by atoms with Gasteiger partial charge in [-0.05, 0) is 73.5 Å². The lowest BCUT2D eigenvalue weighted by molar-refractivity contribution is -0.145. The number of esters is 1. The summed E-state index contributed by atoms with van der Waals surface area (Å²) in [6, 6.07) is 22.6. The Bertz CT molecular complexity index is 1320. The summed E-state index contributed by atoms with van der Waals surface area (Å²) in [5.41, 5.74) is 4.96. The number of anilines is 1. The average Bonchev–Trinajstić information content (AvgIpc) is 3.29. The highest BCUT2D eigenvalue weighted by atomic mass is 32.2. The van der Waals surface area contributed by atoms with Crippen molar-refractivity contribution in [3.63, 3.8) is 0 Å². The van der Waals surface area contributed by atoms with Gasteiger partial charge >= 0.3 is 5.97 Å². The van der Waals surface area contributed by atoms with Crippen molar-refractivity contribution in [1.29, 1.82) is 0 Å². The van der Waals surface area contributed by atoms with Gasteiger partial charge in [-0.25, -0.2) is 13.2 Å². The van der Waals surface area contributed by atoms with E-state index in [4.69, 9.17) is 14.6 Å². The van der Waals surface area contributed by atoms with Crippen molar-refractivity contribution in [3.8, 4) is 5.75 Å². The zero-order chi connectivity index (χ0) is 25.0. The van der Waals surface area contributed by atoms with Gasteiger partial charge < -0.3 is 9.47 Å². The summed E-state index contributed by atoms with van der Waals surface area (Å²) in [6.07, 6.45) is 1.88. The maximum absolute atomic E-state index is 11.9. The molecule has 1 aliphatic heterocycles. The molecule has 0 saturated heterocycles. The molecular formula is C27H28N2O5S. The van der Waals surface area contributed by atoms with Crippen LogP contribution in [0.15, 0.2) is 82.8 Å². The number of hydrogen-bond acceptors (Lipinski definition) is 7. The molecule has 0 amide bonds. The van der Waals surface area contributed by atoms with Crippen molar-refractivity contribution in [2.24, 2.45) is 5.10 Å². The van der Waals surface area contributed by atoms with E-state index in [1.807, 2.05) is 36.2 Å². The van der Waals surface area contributed by atoms with Crippen LogP contribution in [0, 0.1) is 6.92 Å². The molecule has 0 spiro atoms. The van der Waals surface area contributed by atoms with Crippen molar-refractivity contribution in [1.82, 2.24) is 0 Å². The lowest BCUT2D eigenvalue weighted by atomic mass is 9.97. The van der Waals surface area contributed by atoms with Crippen LogP contribution in [-0.4, -0.2) is 39.6 Å². The van der Waals surface area contributed by atoms with E-state index >= 15 is 0 Å². The number of hydrogen-bond donors (Lipinski definition) is 0. The molecule has 35 heavy (non-hydrogen) atoms. The number of hydrazone groups is 1. The molecule has 3 aromatic rings. The summed E-state index contributed by atoms with van der Waals surface area (Å²) in [5, 5.41) is 6.86. The van der Waals surface area contributed by atoms with Crippen LogP contribution in [0.25, 0.3) is 0 Å². The number of carbonyl (C=O) groups excluding carboxylic acids is 1. The van der Waals surface area contributed by atoms with E-state index in [-0.39, 0.29) is 17.5 Å². The van der Waals surface area contributed by atoms with Gasteiger partial charge in [0.15, 0.2) is 16.4 Å². The second kappa shape index (κ2) is 10.3. The first kappa shape index (κ1) is 24.5. The molecule has 0 N–H and O–H groups in total. The topological polar surface area (TPSA) is 85.3 Å². The molecule has 182 valence electrons. The maximum Gasteiger partial charge on any atom is 0.344 e. The minimum atomic E-state index is -3.28. The summed E-state index contributed by atoms with van der Waals surface area (Å²) < 4.78 is 34.2. The van der Waals surface area contributed by atoms with Crippen LogP contribution in [0.1, 0.15) is 36.1 Å². The van der Waals surface area contributed by atoms with Gasteiger partial charge in [-0.3, -0.25) is 5.01 Å². The smallest absolute Gasteiger partial charge is 0.344 e. The second-order valence-corrected chi connectivity index (χ2v) is 10.4. The minimum absolute atomic E-state index is 0.0329. The summed E-state index contributed by atoms with van der Waals surface area (Å²) in [7, 11) is -3.28. The van der Waals surface area contributed by atoms with Gasteiger partial charge in [0.1, 0.15) is 5.75 Å². The van der Waals surface area contributed by atoms with Gasteiger partial charge in [-0.2, -0.15) is 5.10 Å². The van der Waals surface area contributed by atoms with Crippen molar-refractivity contribution < 1.29 is 22.7 Å². The zero-order valence-electron chi connectivity index (χ0n) is 20.0. The number of sulfone groups is 1. The van der Waals surface area contributed by atoms with E-state index in [0.29, 0.717) is 18.8 Å². The molecule has 8 heteroatoms. The first-order chi connectivity index (χ1) is 16.7. The first-order valence-electron chi connectivity index (χ1n) is 11.4. The summed E-state index contributed by atoms with van der Waals surface area (Å²) in [5.74, 6) is 0.166. The average molecular weight is 493 g/mol. The largest absolute Gasteiger partial charge is 0.482 e. The van der Waals surface area contributed by atoms with Gasteiger partial charge in [-0.15, -0.1) is 0 Å². The molecule has 1 heterocycles. The van der Waals surface area contributed by atoms with E-state index in [1.54, 1.807) is 31.2 Å². The highest BCUT2D eigenvalue weighted by Crippen LogP contribution is 2.37. The van der Waals surface area contributed by atoms with Gasteiger partial charge in [-0.1, -0.05) is 29.8 Å². The molecule has 7 nitrogen and oxygen atoms in total. The molecule has 1 unspecified atom stereocenters. The molecule has 0 aromatic heterocycles. The van der Waals surface area contributed by atoms with E-state index in [9.17, 15) is 13.2 Å². The highest BCUT2D eigenvalue weighted by Gasteiger charge is 2.30. The number of rotatable bonds is 8. The molecule has 0 fully saturated rings. The van der Waals surface area contributed by atoms with Crippen LogP contribution in [-0.2, 0) is 19.4 Å². The molecule has 0 radical (unpaired) electrons. The molecule has 3 aromatic carbocycles. The minimum Gasteiger partial charge on any atom is -0.482 e. The fraction of sp³-hybridized carbons (Fsp3) is 0.259.